The highest BCUT2D eigenvalue weighted by Gasteiger charge is 2.27. The summed E-state index contributed by atoms with van der Waals surface area (Å²) in [4.78, 5) is 4.51. The van der Waals surface area contributed by atoms with Gasteiger partial charge in [-0.1, -0.05) is 24.3 Å². The van der Waals surface area contributed by atoms with Crippen LogP contribution in [0.15, 0.2) is 47.4 Å². The highest BCUT2D eigenvalue weighted by atomic mass is 32.2. The highest BCUT2D eigenvalue weighted by Crippen LogP contribution is 2.30. The molecule has 2 heterocycles. The molecule has 1 aliphatic heterocycles. The fourth-order valence-electron chi connectivity index (χ4n) is 2.91. The molecular weight excluding hydrogens is 344 g/mol. The fourth-order valence-corrected chi connectivity index (χ4v) is 4.88. The van der Waals surface area contributed by atoms with Crippen molar-refractivity contribution >= 4 is 31.7 Å². The van der Waals surface area contributed by atoms with Gasteiger partial charge in [-0.05, 0) is 42.7 Å². The van der Waals surface area contributed by atoms with E-state index in [-0.39, 0.29) is 4.90 Å². The summed E-state index contributed by atoms with van der Waals surface area (Å²) < 4.78 is 31.7. The normalized spacial score (nSPS) is 17.8. The number of nitrogens with one attached hydrogen (secondary N) is 1. The maximum absolute atomic E-state index is 12.7. The highest BCUT2D eigenvalue weighted by molar-refractivity contribution is 7.86. The largest absolute Gasteiger partial charge is 0.298 e. The zero-order valence-corrected chi connectivity index (χ0v) is 14.7. The number of fused-ring (bicyclic) bond motifs is 2. The Morgan fingerprint density at radius 1 is 1.25 bits per heavy atom. The van der Waals surface area contributed by atoms with Gasteiger partial charge >= 0.3 is 0 Å². The van der Waals surface area contributed by atoms with Gasteiger partial charge in [-0.2, -0.15) is 8.42 Å². The van der Waals surface area contributed by atoms with Crippen molar-refractivity contribution in [3.63, 3.8) is 0 Å². The van der Waals surface area contributed by atoms with Crippen LogP contribution in [0.25, 0.3) is 10.2 Å². The van der Waals surface area contributed by atoms with E-state index in [0.29, 0.717) is 6.54 Å². The summed E-state index contributed by atoms with van der Waals surface area (Å²) >= 11 is 1.47. The van der Waals surface area contributed by atoms with Crippen LogP contribution in [0.2, 0.25) is 0 Å². The van der Waals surface area contributed by atoms with E-state index in [1.807, 2.05) is 31.2 Å². The zero-order valence-electron chi connectivity index (χ0n) is 13.0. The predicted molar refractivity (Wildman–Crippen MR) is 93.5 cm³/mol. The molecule has 1 unspecified atom stereocenters. The first-order chi connectivity index (χ1) is 11.5. The number of hydrogen-bond donors (Lipinski definition) is 1. The fraction of sp³-hybridized carbons (Fsp3) is 0.235. The minimum absolute atomic E-state index is 0.156. The Bertz CT molecular complexity index is 1010. The average Bonchev–Trinajstić information content (AvgIpc) is 2.94. The van der Waals surface area contributed by atoms with Crippen molar-refractivity contribution in [2.75, 3.05) is 6.54 Å². The van der Waals surface area contributed by atoms with E-state index in [1.165, 1.54) is 11.3 Å². The van der Waals surface area contributed by atoms with Crippen molar-refractivity contribution in [2.45, 2.75) is 24.5 Å². The second-order valence-corrected chi connectivity index (χ2v) is 8.50. The van der Waals surface area contributed by atoms with E-state index in [4.69, 9.17) is 4.18 Å². The monoisotopic (exact) mass is 360 g/mol. The van der Waals surface area contributed by atoms with Crippen molar-refractivity contribution in [3.05, 3.63) is 58.6 Å². The van der Waals surface area contributed by atoms with Crippen LogP contribution in [0.5, 0.6) is 0 Å². The Hall–Kier alpha value is -1.80. The van der Waals surface area contributed by atoms with Crippen LogP contribution in [-0.2, 0) is 20.7 Å². The van der Waals surface area contributed by atoms with Crippen molar-refractivity contribution in [3.8, 4) is 0 Å². The summed E-state index contributed by atoms with van der Waals surface area (Å²) in [7, 11) is -3.87. The van der Waals surface area contributed by atoms with Gasteiger partial charge in [-0.15, -0.1) is 11.3 Å². The third kappa shape index (κ3) is 2.84. The number of aryl methyl sites for hydroxylation is 1. The van der Waals surface area contributed by atoms with Gasteiger partial charge in [0.15, 0.2) is 6.23 Å². The summed E-state index contributed by atoms with van der Waals surface area (Å²) in [5.74, 6) is 0. The molecule has 4 rings (SSSR count). The number of rotatable bonds is 3. The summed E-state index contributed by atoms with van der Waals surface area (Å²) in [5.41, 5.74) is 2.80. The lowest BCUT2D eigenvalue weighted by molar-refractivity contribution is 0.167. The van der Waals surface area contributed by atoms with Crippen LogP contribution < -0.4 is 5.32 Å². The SMILES string of the molecule is Cc1nc2ccc(S(=O)(=O)OC3NCCc4ccccc43)cc2s1. The Balaban J connectivity index is 1.68. The predicted octanol–water partition coefficient (Wildman–Crippen LogP) is 3.15. The van der Waals surface area contributed by atoms with Crippen LogP contribution >= 0.6 is 11.3 Å². The molecule has 0 aliphatic carbocycles. The molecule has 0 fully saturated rings. The lowest BCUT2D eigenvalue weighted by Crippen LogP contribution is -2.33. The molecule has 0 saturated heterocycles. The van der Waals surface area contributed by atoms with E-state index in [2.05, 4.69) is 10.3 Å². The van der Waals surface area contributed by atoms with Crippen molar-refractivity contribution in [1.29, 1.82) is 0 Å². The van der Waals surface area contributed by atoms with E-state index in [1.54, 1.807) is 18.2 Å². The molecule has 124 valence electrons. The zero-order chi connectivity index (χ0) is 16.7. The van der Waals surface area contributed by atoms with Gasteiger partial charge in [0.1, 0.15) is 0 Å². The molecule has 0 bridgehead atoms. The third-order valence-corrected chi connectivity index (χ3v) is 6.25. The Labute approximate surface area is 144 Å². The molecule has 3 aromatic rings. The number of aromatic nitrogens is 1. The summed E-state index contributed by atoms with van der Waals surface area (Å²) in [6.07, 6.45) is 0.209. The molecule has 5 nitrogen and oxygen atoms in total. The van der Waals surface area contributed by atoms with Crippen LogP contribution in [0.3, 0.4) is 0 Å². The molecule has 0 radical (unpaired) electrons. The molecule has 1 aliphatic rings. The Morgan fingerprint density at radius 2 is 2.08 bits per heavy atom. The summed E-state index contributed by atoms with van der Waals surface area (Å²) in [6.45, 7) is 2.59. The Morgan fingerprint density at radius 3 is 2.96 bits per heavy atom. The molecular formula is C17H16N2O3S2. The van der Waals surface area contributed by atoms with Crippen molar-refractivity contribution in [2.24, 2.45) is 0 Å². The molecule has 0 spiro atoms. The summed E-state index contributed by atoms with van der Waals surface area (Å²) in [6, 6.07) is 12.6. The molecule has 0 amide bonds. The van der Waals surface area contributed by atoms with Crippen LogP contribution in [0.4, 0.5) is 0 Å². The van der Waals surface area contributed by atoms with Crippen LogP contribution in [0, 0.1) is 6.92 Å². The maximum Gasteiger partial charge on any atom is 0.298 e. The molecule has 24 heavy (non-hydrogen) atoms. The Kier molecular flexibility index (Phi) is 3.88. The first kappa shape index (κ1) is 15.7. The van der Waals surface area contributed by atoms with E-state index >= 15 is 0 Å². The van der Waals surface area contributed by atoms with Crippen LogP contribution in [0.1, 0.15) is 22.4 Å². The van der Waals surface area contributed by atoms with Crippen molar-refractivity contribution in [1.82, 2.24) is 10.3 Å². The third-order valence-electron chi connectivity index (χ3n) is 4.04. The smallest absolute Gasteiger partial charge is 0.287 e. The minimum atomic E-state index is -3.87. The van der Waals surface area contributed by atoms with Crippen LogP contribution in [-0.4, -0.2) is 19.9 Å². The average molecular weight is 360 g/mol. The molecule has 1 N–H and O–H groups in total. The van der Waals surface area contributed by atoms with Gasteiger partial charge in [0.25, 0.3) is 10.1 Å². The van der Waals surface area contributed by atoms with E-state index < -0.39 is 16.3 Å². The molecule has 2 aromatic carbocycles. The summed E-state index contributed by atoms with van der Waals surface area (Å²) in [5, 5.41) is 4.04. The molecule has 0 saturated carbocycles. The molecule has 1 aromatic heterocycles. The standard InChI is InChI=1S/C17H16N2O3S2/c1-11-19-15-7-6-13(10-16(15)23-11)24(20,21)22-17-14-5-3-2-4-12(14)8-9-18-17/h2-7,10,17-18H,8-9H2,1H3. The topological polar surface area (TPSA) is 68.3 Å². The lowest BCUT2D eigenvalue weighted by atomic mass is 10.0. The van der Waals surface area contributed by atoms with E-state index in [9.17, 15) is 8.42 Å². The molecule has 1 atom stereocenters. The van der Waals surface area contributed by atoms with Crippen molar-refractivity contribution < 1.29 is 12.6 Å². The van der Waals surface area contributed by atoms with Gasteiger partial charge in [0.05, 0.1) is 20.1 Å². The quantitative estimate of drug-likeness (QED) is 0.727. The first-order valence-corrected chi connectivity index (χ1v) is 9.87. The first-order valence-electron chi connectivity index (χ1n) is 7.65. The van der Waals surface area contributed by atoms with Gasteiger partial charge in [-0.25, -0.2) is 9.17 Å². The molecule has 7 heteroatoms. The van der Waals surface area contributed by atoms with Gasteiger partial charge < -0.3 is 0 Å². The van der Waals surface area contributed by atoms with Gasteiger partial charge in [-0.3, -0.25) is 5.32 Å². The lowest BCUT2D eigenvalue weighted by Gasteiger charge is -2.26. The van der Waals surface area contributed by atoms with Gasteiger partial charge in [0, 0.05) is 6.54 Å². The minimum Gasteiger partial charge on any atom is -0.287 e. The second-order valence-electron chi connectivity index (χ2n) is 5.70. The number of benzene rings is 2. The second kappa shape index (κ2) is 5.93. The maximum atomic E-state index is 12.7. The van der Waals surface area contributed by atoms with Gasteiger partial charge in [0.2, 0.25) is 0 Å². The number of thiazole rings is 1. The number of nitrogens with zero attached hydrogens (tertiary/aromatic N) is 1. The number of hydrogen-bond acceptors (Lipinski definition) is 6. The van der Waals surface area contributed by atoms with E-state index in [0.717, 1.165) is 32.8 Å².